The van der Waals surface area contributed by atoms with Crippen LogP contribution in [0.2, 0.25) is 0 Å². The molecule has 0 aliphatic carbocycles. The Bertz CT molecular complexity index is 233. The van der Waals surface area contributed by atoms with Crippen LogP contribution in [0.1, 0.15) is 46.5 Å². The topological polar surface area (TPSA) is 26.3 Å². The molecule has 0 aromatic rings. The van der Waals surface area contributed by atoms with Gasteiger partial charge in [-0.2, -0.15) is 0 Å². The number of hydrogen-bond acceptors (Lipinski definition) is 2. The number of hydrogen-bond donors (Lipinski definition) is 0. The summed E-state index contributed by atoms with van der Waals surface area (Å²) >= 11 is 0. The Morgan fingerprint density at radius 3 is 2.40 bits per heavy atom. The van der Waals surface area contributed by atoms with Gasteiger partial charge in [0.25, 0.3) is 0 Å². The lowest BCUT2D eigenvalue weighted by Crippen LogP contribution is -2.05. The highest BCUT2D eigenvalue weighted by atomic mass is 16.5. The second-order valence-corrected chi connectivity index (χ2v) is 3.63. The predicted octanol–water partition coefficient (Wildman–Crippen LogP) is 3.63. The zero-order chi connectivity index (χ0) is 11.7. The largest absolute Gasteiger partial charge is 0.462 e. The Morgan fingerprint density at radius 1 is 1.33 bits per heavy atom. The summed E-state index contributed by atoms with van der Waals surface area (Å²) in [4.78, 5) is 11.0. The minimum absolute atomic E-state index is 0.287. The number of carbonyl (C=O) groups is 1. The van der Waals surface area contributed by atoms with Crippen molar-refractivity contribution in [2.24, 2.45) is 0 Å². The molecule has 0 aromatic heterocycles. The number of ether oxygens (including phenoxy) is 1. The molecule has 0 fully saturated rings. The summed E-state index contributed by atoms with van der Waals surface area (Å²) in [5.74, 6) is -0.287. The van der Waals surface area contributed by atoms with Crippen molar-refractivity contribution < 1.29 is 9.53 Å². The third kappa shape index (κ3) is 6.95. The SMILES string of the molecule is C=C(C)C(=O)OCCCC=C(CC)CC. The molecule has 0 atom stereocenters. The van der Waals surface area contributed by atoms with Crippen LogP contribution in [0, 0.1) is 0 Å². The van der Waals surface area contributed by atoms with Gasteiger partial charge in [-0.1, -0.05) is 32.1 Å². The van der Waals surface area contributed by atoms with Gasteiger partial charge in [0.2, 0.25) is 0 Å². The van der Waals surface area contributed by atoms with E-state index in [0.717, 1.165) is 25.7 Å². The van der Waals surface area contributed by atoms with Crippen LogP contribution in [0.3, 0.4) is 0 Å². The van der Waals surface area contributed by atoms with E-state index in [1.54, 1.807) is 6.92 Å². The van der Waals surface area contributed by atoms with Crippen LogP contribution in [0.4, 0.5) is 0 Å². The minimum atomic E-state index is -0.287. The van der Waals surface area contributed by atoms with Gasteiger partial charge in [0.1, 0.15) is 0 Å². The van der Waals surface area contributed by atoms with Gasteiger partial charge in [0.15, 0.2) is 0 Å². The molecular weight excluding hydrogens is 188 g/mol. The average molecular weight is 210 g/mol. The number of esters is 1. The molecule has 0 saturated heterocycles. The van der Waals surface area contributed by atoms with Crippen LogP contribution in [0.5, 0.6) is 0 Å². The minimum Gasteiger partial charge on any atom is -0.462 e. The Balaban J connectivity index is 3.59. The first kappa shape index (κ1) is 13.9. The van der Waals surface area contributed by atoms with E-state index < -0.39 is 0 Å². The van der Waals surface area contributed by atoms with Crippen molar-refractivity contribution in [1.82, 2.24) is 0 Å². The summed E-state index contributed by atoms with van der Waals surface area (Å²) in [6.45, 7) is 10.00. The highest BCUT2D eigenvalue weighted by molar-refractivity contribution is 5.86. The second-order valence-electron chi connectivity index (χ2n) is 3.63. The molecule has 86 valence electrons. The normalized spacial score (nSPS) is 9.53. The smallest absolute Gasteiger partial charge is 0.333 e. The fourth-order valence-corrected chi connectivity index (χ4v) is 1.22. The number of rotatable bonds is 7. The molecule has 0 aromatic carbocycles. The maximum Gasteiger partial charge on any atom is 0.333 e. The standard InChI is InChI=1S/C13H22O2/c1-5-12(6-2)9-7-8-10-15-13(14)11(3)4/h9H,3,5-8,10H2,1-2,4H3. The lowest BCUT2D eigenvalue weighted by atomic mass is 10.1. The Hall–Kier alpha value is -1.05. The fraction of sp³-hybridized carbons (Fsp3) is 0.615. The van der Waals surface area contributed by atoms with Gasteiger partial charge >= 0.3 is 5.97 Å². The van der Waals surface area contributed by atoms with Crippen molar-refractivity contribution in [3.63, 3.8) is 0 Å². The predicted molar refractivity (Wildman–Crippen MR) is 63.7 cm³/mol. The summed E-state index contributed by atoms with van der Waals surface area (Å²) in [5.41, 5.74) is 1.94. The monoisotopic (exact) mass is 210 g/mol. The van der Waals surface area contributed by atoms with Crippen LogP contribution in [-0.2, 0) is 9.53 Å². The van der Waals surface area contributed by atoms with E-state index in [2.05, 4.69) is 26.5 Å². The summed E-state index contributed by atoms with van der Waals surface area (Å²) in [7, 11) is 0. The third-order valence-electron chi connectivity index (χ3n) is 2.27. The van der Waals surface area contributed by atoms with Crippen molar-refractivity contribution in [2.75, 3.05) is 6.61 Å². The van der Waals surface area contributed by atoms with Crippen LogP contribution in [0.15, 0.2) is 23.8 Å². The number of unbranched alkanes of at least 4 members (excludes halogenated alkanes) is 1. The van der Waals surface area contributed by atoms with Gasteiger partial charge < -0.3 is 4.74 Å². The lowest BCUT2D eigenvalue weighted by molar-refractivity contribution is -0.139. The molecule has 0 amide bonds. The van der Waals surface area contributed by atoms with Crippen molar-refractivity contribution in [1.29, 1.82) is 0 Å². The van der Waals surface area contributed by atoms with Gasteiger partial charge in [-0.25, -0.2) is 4.79 Å². The van der Waals surface area contributed by atoms with E-state index in [-0.39, 0.29) is 5.97 Å². The Labute approximate surface area is 93.0 Å². The Morgan fingerprint density at radius 2 is 1.93 bits per heavy atom. The molecule has 0 aliphatic rings. The molecule has 0 aliphatic heterocycles. The summed E-state index contributed by atoms with van der Waals surface area (Å²) in [6, 6.07) is 0. The van der Waals surface area contributed by atoms with Crippen molar-refractivity contribution in [3.05, 3.63) is 23.8 Å². The molecule has 15 heavy (non-hydrogen) atoms. The quantitative estimate of drug-likeness (QED) is 0.277. The van der Waals surface area contributed by atoms with Gasteiger partial charge in [-0.05, 0) is 32.6 Å². The van der Waals surface area contributed by atoms with Crippen LogP contribution < -0.4 is 0 Å². The summed E-state index contributed by atoms with van der Waals surface area (Å²) < 4.78 is 4.98. The highest BCUT2D eigenvalue weighted by Gasteiger charge is 2.01. The van der Waals surface area contributed by atoms with E-state index in [1.807, 2.05) is 0 Å². The van der Waals surface area contributed by atoms with Crippen molar-refractivity contribution in [3.8, 4) is 0 Å². The summed E-state index contributed by atoms with van der Waals surface area (Å²) in [6.07, 6.45) is 6.35. The summed E-state index contributed by atoms with van der Waals surface area (Å²) in [5, 5.41) is 0. The zero-order valence-corrected chi connectivity index (χ0v) is 10.1. The molecule has 0 spiro atoms. The third-order valence-corrected chi connectivity index (χ3v) is 2.27. The van der Waals surface area contributed by atoms with Crippen LogP contribution >= 0.6 is 0 Å². The molecule has 0 heterocycles. The van der Waals surface area contributed by atoms with Gasteiger partial charge in [-0.3, -0.25) is 0 Å². The Kier molecular flexibility index (Phi) is 7.69. The van der Waals surface area contributed by atoms with E-state index in [9.17, 15) is 4.79 Å². The first-order valence-corrected chi connectivity index (χ1v) is 5.62. The van der Waals surface area contributed by atoms with Crippen molar-refractivity contribution in [2.45, 2.75) is 46.5 Å². The van der Waals surface area contributed by atoms with Crippen LogP contribution in [-0.4, -0.2) is 12.6 Å². The molecule has 0 N–H and O–H groups in total. The van der Waals surface area contributed by atoms with Gasteiger partial charge in [0.05, 0.1) is 6.61 Å². The number of allylic oxidation sites excluding steroid dienone is 2. The van der Waals surface area contributed by atoms with E-state index in [4.69, 9.17) is 4.74 Å². The first-order chi connectivity index (χ1) is 7.11. The second kappa shape index (κ2) is 8.27. The molecule has 2 nitrogen and oxygen atoms in total. The molecule has 0 unspecified atom stereocenters. The molecule has 0 saturated carbocycles. The molecule has 0 rings (SSSR count). The maximum atomic E-state index is 11.0. The van der Waals surface area contributed by atoms with Gasteiger partial charge in [0, 0.05) is 5.57 Å². The van der Waals surface area contributed by atoms with Crippen LogP contribution in [0.25, 0.3) is 0 Å². The lowest BCUT2D eigenvalue weighted by Gasteiger charge is -2.03. The molecule has 0 bridgehead atoms. The van der Waals surface area contributed by atoms with Crippen molar-refractivity contribution >= 4 is 5.97 Å². The van der Waals surface area contributed by atoms with E-state index >= 15 is 0 Å². The zero-order valence-electron chi connectivity index (χ0n) is 10.1. The van der Waals surface area contributed by atoms with E-state index in [0.29, 0.717) is 12.2 Å². The molecule has 0 radical (unpaired) electrons. The fourth-order valence-electron chi connectivity index (χ4n) is 1.22. The number of carbonyl (C=O) groups excluding carboxylic acids is 1. The molecular formula is C13H22O2. The van der Waals surface area contributed by atoms with E-state index in [1.165, 1.54) is 5.57 Å². The average Bonchev–Trinajstić information content (AvgIpc) is 2.23. The molecule has 2 heteroatoms. The first-order valence-electron chi connectivity index (χ1n) is 5.62. The van der Waals surface area contributed by atoms with Gasteiger partial charge in [-0.15, -0.1) is 0 Å². The maximum absolute atomic E-state index is 11.0. The highest BCUT2D eigenvalue weighted by Crippen LogP contribution is 2.07.